The van der Waals surface area contributed by atoms with Crippen LogP contribution >= 0.6 is 0 Å². The highest BCUT2D eigenvalue weighted by Crippen LogP contribution is 2.19. The van der Waals surface area contributed by atoms with E-state index in [9.17, 15) is 0 Å². The molecule has 0 saturated heterocycles. The van der Waals surface area contributed by atoms with Crippen LogP contribution in [0.2, 0.25) is 0 Å². The summed E-state index contributed by atoms with van der Waals surface area (Å²) in [6, 6.07) is 6.36. The van der Waals surface area contributed by atoms with Crippen molar-refractivity contribution in [3.05, 3.63) is 23.9 Å². The predicted molar refractivity (Wildman–Crippen MR) is 68.7 cm³/mol. The van der Waals surface area contributed by atoms with E-state index in [2.05, 4.69) is 16.4 Å². The number of pyridine rings is 1. The maximum atomic E-state index is 8.71. The van der Waals surface area contributed by atoms with E-state index in [4.69, 9.17) is 5.26 Å². The highest BCUT2D eigenvalue weighted by molar-refractivity contribution is 5.39. The summed E-state index contributed by atoms with van der Waals surface area (Å²) in [5.41, 5.74) is 0.619. The first-order chi connectivity index (χ1) is 8.38. The Morgan fingerprint density at radius 2 is 1.82 bits per heavy atom. The Morgan fingerprint density at radius 1 is 1.12 bits per heavy atom. The molecule has 0 aromatic carbocycles. The first kappa shape index (κ1) is 11.9. The predicted octanol–water partition coefficient (Wildman–Crippen LogP) is 3.48. The van der Waals surface area contributed by atoms with E-state index in [0.717, 1.165) is 5.82 Å². The van der Waals surface area contributed by atoms with Crippen molar-refractivity contribution in [1.82, 2.24) is 4.98 Å². The Labute approximate surface area is 103 Å². The Kier molecular flexibility index (Phi) is 4.37. The van der Waals surface area contributed by atoms with Crippen molar-refractivity contribution in [2.24, 2.45) is 0 Å². The SMILES string of the molecule is N#Cc1ccc(NC2CCCCCCC2)nc1. The van der Waals surface area contributed by atoms with Crippen LogP contribution < -0.4 is 5.32 Å². The third-order valence-electron chi connectivity index (χ3n) is 3.35. The average Bonchev–Trinajstić information content (AvgIpc) is 2.33. The molecule has 2 rings (SSSR count). The molecule has 0 aliphatic heterocycles. The van der Waals surface area contributed by atoms with Gasteiger partial charge in [-0.15, -0.1) is 0 Å². The molecule has 17 heavy (non-hydrogen) atoms. The molecule has 1 saturated carbocycles. The van der Waals surface area contributed by atoms with Crippen LogP contribution in [0, 0.1) is 11.3 Å². The minimum atomic E-state index is 0.552. The molecule has 3 heteroatoms. The van der Waals surface area contributed by atoms with E-state index in [-0.39, 0.29) is 0 Å². The van der Waals surface area contributed by atoms with Crippen molar-refractivity contribution < 1.29 is 0 Å². The molecule has 90 valence electrons. The molecule has 0 spiro atoms. The largest absolute Gasteiger partial charge is 0.367 e. The number of nitriles is 1. The molecule has 0 bridgehead atoms. The minimum Gasteiger partial charge on any atom is -0.367 e. The molecular weight excluding hydrogens is 210 g/mol. The molecule has 1 aromatic rings. The molecule has 0 atom stereocenters. The van der Waals surface area contributed by atoms with Gasteiger partial charge in [-0.2, -0.15) is 5.26 Å². The minimum absolute atomic E-state index is 0.552. The van der Waals surface area contributed by atoms with Gasteiger partial charge in [-0.25, -0.2) is 4.98 Å². The standard InChI is InChI=1S/C14H19N3/c15-10-12-8-9-14(16-11-12)17-13-6-4-2-1-3-5-7-13/h8-9,11,13H,1-7H2,(H,16,17). The monoisotopic (exact) mass is 229 g/mol. The fraction of sp³-hybridized carbons (Fsp3) is 0.571. The fourth-order valence-electron chi connectivity index (χ4n) is 2.35. The van der Waals surface area contributed by atoms with Gasteiger partial charge in [-0.1, -0.05) is 32.1 Å². The normalized spacial score (nSPS) is 17.8. The smallest absolute Gasteiger partial charge is 0.126 e. The molecule has 0 amide bonds. The molecule has 1 aliphatic rings. The summed E-state index contributed by atoms with van der Waals surface area (Å²) in [5.74, 6) is 0.898. The lowest BCUT2D eigenvalue weighted by molar-refractivity contribution is 0.471. The second-order valence-electron chi connectivity index (χ2n) is 4.73. The van der Waals surface area contributed by atoms with Gasteiger partial charge in [-0.05, 0) is 25.0 Å². The molecule has 1 N–H and O–H groups in total. The summed E-state index contributed by atoms with van der Waals surface area (Å²) in [4.78, 5) is 4.26. The van der Waals surface area contributed by atoms with Gasteiger partial charge in [-0.3, -0.25) is 0 Å². The number of hydrogen-bond acceptors (Lipinski definition) is 3. The zero-order chi connectivity index (χ0) is 11.9. The molecule has 3 nitrogen and oxygen atoms in total. The van der Waals surface area contributed by atoms with Gasteiger partial charge in [0.25, 0.3) is 0 Å². The van der Waals surface area contributed by atoms with E-state index in [1.54, 1.807) is 6.20 Å². The van der Waals surface area contributed by atoms with E-state index >= 15 is 0 Å². The van der Waals surface area contributed by atoms with Crippen molar-refractivity contribution in [2.45, 2.75) is 51.0 Å². The number of nitrogens with zero attached hydrogens (tertiary/aromatic N) is 2. The van der Waals surface area contributed by atoms with Gasteiger partial charge in [0.2, 0.25) is 0 Å². The number of nitrogens with one attached hydrogen (secondary N) is 1. The van der Waals surface area contributed by atoms with Crippen molar-refractivity contribution in [1.29, 1.82) is 5.26 Å². The Balaban J connectivity index is 1.91. The fourth-order valence-corrected chi connectivity index (χ4v) is 2.35. The maximum Gasteiger partial charge on any atom is 0.126 e. The first-order valence-corrected chi connectivity index (χ1v) is 6.51. The number of aromatic nitrogens is 1. The van der Waals surface area contributed by atoms with E-state index in [0.29, 0.717) is 11.6 Å². The molecule has 0 unspecified atom stereocenters. The Bertz CT molecular complexity index is 369. The molecule has 1 fully saturated rings. The second-order valence-corrected chi connectivity index (χ2v) is 4.73. The topological polar surface area (TPSA) is 48.7 Å². The van der Waals surface area contributed by atoms with Crippen LogP contribution in [0.25, 0.3) is 0 Å². The van der Waals surface area contributed by atoms with Crippen molar-refractivity contribution in [3.63, 3.8) is 0 Å². The third-order valence-corrected chi connectivity index (χ3v) is 3.35. The summed E-state index contributed by atoms with van der Waals surface area (Å²) in [6.07, 6.45) is 10.8. The Hall–Kier alpha value is -1.56. The van der Waals surface area contributed by atoms with Crippen LogP contribution in [-0.2, 0) is 0 Å². The lowest BCUT2D eigenvalue weighted by atomic mass is 9.97. The second kappa shape index (κ2) is 6.24. The van der Waals surface area contributed by atoms with Gasteiger partial charge >= 0.3 is 0 Å². The number of anilines is 1. The third kappa shape index (κ3) is 3.74. The van der Waals surface area contributed by atoms with Gasteiger partial charge in [0.1, 0.15) is 11.9 Å². The molecule has 1 aliphatic carbocycles. The molecular formula is C14H19N3. The van der Waals surface area contributed by atoms with Crippen molar-refractivity contribution in [2.75, 3.05) is 5.32 Å². The summed E-state index contributed by atoms with van der Waals surface area (Å²) in [6.45, 7) is 0. The number of hydrogen-bond donors (Lipinski definition) is 1. The maximum absolute atomic E-state index is 8.71. The first-order valence-electron chi connectivity index (χ1n) is 6.51. The lowest BCUT2D eigenvalue weighted by Gasteiger charge is -2.21. The van der Waals surface area contributed by atoms with Crippen LogP contribution in [0.5, 0.6) is 0 Å². The van der Waals surface area contributed by atoms with Crippen LogP contribution in [0.1, 0.15) is 50.5 Å². The van der Waals surface area contributed by atoms with E-state index in [1.165, 1.54) is 44.9 Å². The van der Waals surface area contributed by atoms with Crippen LogP contribution in [0.4, 0.5) is 5.82 Å². The van der Waals surface area contributed by atoms with Gasteiger partial charge < -0.3 is 5.32 Å². The zero-order valence-corrected chi connectivity index (χ0v) is 10.2. The van der Waals surface area contributed by atoms with Gasteiger partial charge in [0.15, 0.2) is 0 Å². The summed E-state index contributed by atoms with van der Waals surface area (Å²) >= 11 is 0. The molecule has 1 aromatic heterocycles. The van der Waals surface area contributed by atoms with E-state index < -0.39 is 0 Å². The highest BCUT2D eigenvalue weighted by atomic mass is 15.0. The zero-order valence-electron chi connectivity index (χ0n) is 10.2. The summed E-state index contributed by atoms with van der Waals surface area (Å²) in [7, 11) is 0. The van der Waals surface area contributed by atoms with Crippen LogP contribution in [0.3, 0.4) is 0 Å². The lowest BCUT2D eigenvalue weighted by Crippen LogP contribution is -2.21. The quantitative estimate of drug-likeness (QED) is 0.844. The van der Waals surface area contributed by atoms with Gasteiger partial charge in [0.05, 0.1) is 5.56 Å². The molecule has 1 heterocycles. The number of rotatable bonds is 2. The van der Waals surface area contributed by atoms with Crippen LogP contribution in [-0.4, -0.2) is 11.0 Å². The Morgan fingerprint density at radius 3 is 2.41 bits per heavy atom. The highest BCUT2D eigenvalue weighted by Gasteiger charge is 2.11. The van der Waals surface area contributed by atoms with Crippen molar-refractivity contribution >= 4 is 5.82 Å². The molecule has 0 radical (unpaired) electrons. The van der Waals surface area contributed by atoms with Crippen molar-refractivity contribution in [3.8, 4) is 6.07 Å². The van der Waals surface area contributed by atoms with Gasteiger partial charge in [0, 0.05) is 12.2 Å². The van der Waals surface area contributed by atoms with E-state index in [1.807, 2.05) is 12.1 Å². The summed E-state index contributed by atoms with van der Waals surface area (Å²) in [5, 5.41) is 12.2. The van der Waals surface area contributed by atoms with Crippen LogP contribution in [0.15, 0.2) is 18.3 Å². The average molecular weight is 229 g/mol. The summed E-state index contributed by atoms with van der Waals surface area (Å²) < 4.78 is 0.